The van der Waals surface area contributed by atoms with Gasteiger partial charge >= 0.3 is 5.97 Å². The summed E-state index contributed by atoms with van der Waals surface area (Å²) in [5.41, 5.74) is 2.15. The molecular weight excluding hydrogens is 372 g/mol. The molecule has 3 nitrogen and oxygen atoms in total. The van der Waals surface area contributed by atoms with Gasteiger partial charge in [-0.1, -0.05) is 51.1 Å². The van der Waals surface area contributed by atoms with E-state index < -0.39 is 0 Å². The minimum Gasteiger partial charge on any atom is -0.465 e. The number of carbonyl (C=O) groups is 1. The largest absolute Gasteiger partial charge is 0.465 e. The van der Waals surface area contributed by atoms with Crippen LogP contribution >= 0.6 is 0 Å². The van der Waals surface area contributed by atoms with Crippen molar-refractivity contribution < 1.29 is 14.3 Å². The van der Waals surface area contributed by atoms with Gasteiger partial charge < -0.3 is 9.47 Å². The van der Waals surface area contributed by atoms with Crippen LogP contribution < -0.4 is 0 Å². The molecule has 0 N–H and O–H groups in total. The molecule has 1 aromatic carbocycles. The summed E-state index contributed by atoms with van der Waals surface area (Å²) >= 11 is 0. The first kappa shape index (κ1) is 20.5. The number of cyclic esters (lactones) is 1. The Morgan fingerprint density at radius 3 is 2.43 bits per heavy atom. The van der Waals surface area contributed by atoms with Gasteiger partial charge in [0, 0.05) is 6.42 Å². The molecule has 0 unspecified atom stereocenters. The predicted octanol–water partition coefficient (Wildman–Crippen LogP) is 6.16. The molecule has 1 heterocycles. The van der Waals surface area contributed by atoms with Crippen LogP contribution in [0.25, 0.3) is 0 Å². The number of rotatable bonds is 3. The monoisotopic (exact) mass is 410 g/mol. The number of esters is 1. The van der Waals surface area contributed by atoms with Crippen LogP contribution in [-0.2, 0) is 20.9 Å². The molecule has 7 atom stereocenters. The summed E-state index contributed by atoms with van der Waals surface area (Å²) in [5, 5.41) is 0. The molecule has 0 spiro atoms. The van der Waals surface area contributed by atoms with Crippen molar-refractivity contribution in [2.45, 2.75) is 84.8 Å². The van der Waals surface area contributed by atoms with Gasteiger partial charge in [0.2, 0.25) is 0 Å². The van der Waals surface area contributed by atoms with Gasteiger partial charge in [-0.05, 0) is 84.5 Å². The third-order valence-corrected chi connectivity index (χ3v) is 10.2. The van der Waals surface area contributed by atoms with E-state index >= 15 is 0 Å². The molecule has 30 heavy (non-hydrogen) atoms. The van der Waals surface area contributed by atoms with Crippen LogP contribution in [0.1, 0.15) is 77.7 Å². The molecule has 0 amide bonds. The molecule has 1 aromatic rings. The number of fused-ring (bicyclic) bond motifs is 5. The van der Waals surface area contributed by atoms with Crippen molar-refractivity contribution in [3.8, 4) is 0 Å². The van der Waals surface area contributed by atoms with Gasteiger partial charge in [-0.2, -0.15) is 0 Å². The van der Waals surface area contributed by atoms with Gasteiger partial charge in [-0.25, -0.2) is 0 Å². The van der Waals surface area contributed by atoms with Crippen molar-refractivity contribution in [3.63, 3.8) is 0 Å². The summed E-state index contributed by atoms with van der Waals surface area (Å²) < 4.78 is 12.2. The summed E-state index contributed by atoms with van der Waals surface area (Å²) in [6, 6.07) is 10.6. The van der Waals surface area contributed by atoms with E-state index in [-0.39, 0.29) is 16.8 Å². The fourth-order valence-corrected chi connectivity index (χ4v) is 8.51. The smallest absolute Gasteiger partial charge is 0.305 e. The molecule has 4 fully saturated rings. The van der Waals surface area contributed by atoms with Crippen molar-refractivity contribution in [3.05, 3.63) is 35.9 Å². The lowest BCUT2D eigenvalue weighted by Gasteiger charge is -2.64. The molecule has 3 heteroatoms. The molecule has 1 saturated heterocycles. The number of benzene rings is 1. The van der Waals surface area contributed by atoms with Gasteiger partial charge in [0.15, 0.2) is 0 Å². The maximum absolute atomic E-state index is 12.0. The van der Waals surface area contributed by atoms with Gasteiger partial charge in [-0.3, -0.25) is 4.79 Å². The second-order valence-electron chi connectivity index (χ2n) is 11.4. The van der Waals surface area contributed by atoms with E-state index in [1.807, 2.05) is 0 Å². The summed E-state index contributed by atoms with van der Waals surface area (Å²) in [4.78, 5) is 12.0. The van der Waals surface area contributed by atoms with E-state index in [9.17, 15) is 4.79 Å². The Bertz CT molecular complexity index is 791. The van der Waals surface area contributed by atoms with Gasteiger partial charge in [0.25, 0.3) is 0 Å². The first-order chi connectivity index (χ1) is 14.4. The standard InChI is InChI=1S/C27H38O3/c1-25-16-13-24(28)30-18-20(25)11-14-26(2)21-9-10-23(27(21,3)15-12-22(25)26)29-17-19-7-5-4-6-8-19/h4-8,20-23H,9-18H2,1-3H3/t20-,21-,22+,23-,25-,26-,27-/m0/s1. The van der Waals surface area contributed by atoms with Gasteiger partial charge in [0.1, 0.15) is 0 Å². The first-order valence-corrected chi connectivity index (χ1v) is 12.2. The lowest BCUT2D eigenvalue weighted by molar-refractivity contribution is -0.173. The molecular formula is C27H38O3. The highest BCUT2D eigenvalue weighted by Crippen LogP contribution is 2.70. The summed E-state index contributed by atoms with van der Waals surface area (Å²) in [6.45, 7) is 8.98. The molecule has 0 aromatic heterocycles. The zero-order valence-electron chi connectivity index (χ0n) is 19.0. The molecule has 3 aliphatic carbocycles. The Morgan fingerprint density at radius 2 is 1.63 bits per heavy atom. The minimum atomic E-state index is 0.0169. The number of hydrogen-bond acceptors (Lipinski definition) is 3. The Kier molecular flexibility index (Phi) is 5.04. The van der Waals surface area contributed by atoms with E-state index in [0.29, 0.717) is 36.4 Å². The Hall–Kier alpha value is -1.35. The second-order valence-corrected chi connectivity index (χ2v) is 11.4. The normalized spacial score (nSPS) is 45.6. The zero-order chi connectivity index (χ0) is 21.0. The Morgan fingerprint density at radius 1 is 0.900 bits per heavy atom. The topological polar surface area (TPSA) is 35.5 Å². The van der Waals surface area contributed by atoms with Crippen molar-refractivity contribution in [1.82, 2.24) is 0 Å². The lowest BCUT2D eigenvalue weighted by Crippen LogP contribution is -2.58. The molecule has 3 saturated carbocycles. The molecule has 164 valence electrons. The predicted molar refractivity (Wildman–Crippen MR) is 118 cm³/mol. The average Bonchev–Trinajstić information content (AvgIpc) is 3.00. The fraction of sp³-hybridized carbons (Fsp3) is 0.741. The van der Waals surface area contributed by atoms with Gasteiger partial charge in [-0.15, -0.1) is 0 Å². The van der Waals surface area contributed by atoms with E-state index in [1.165, 1.54) is 44.1 Å². The van der Waals surface area contributed by atoms with Crippen LogP contribution in [-0.4, -0.2) is 18.7 Å². The fourth-order valence-electron chi connectivity index (χ4n) is 8.51. The molecule has 0 bridgehead atoms. The Balaban J connectivity index is 1.37. The zero-order valence-corrected chi connectivity index (χ0v) is 19.0. The van der Waals surface area contributed by atoms with Crippen molar-refractivity contribution in [2.75, 3.05) is 6.61 Å². The molecule has 1 aliphatic heterocycles. The van der Waals surface area contributed by atoms with E-state index in [0.717, 1.165) is 18.9 Å². The summed E-state index contributed by atoms with van der Waals surface area (Å²) in [7, 11) is 0. The SMILES string of the molecule is C[C@@]12CC[C@H]3COC(=O)CC[C@]3(C)[C@H]1CC[C@@]1(C)[C@H]2CC[C@@H]1OCc1ccccc1. The third-order valence-electron chi connectivity index (χ3n) is 10.2. The van der Waals surface area contributed by atoms with Crippen molar-refractivity contribution >= 4 is 5.97 Å². The van der Waals surface area contributed by atoms with Crippen LogP contribution in [0.4, 0.5) is 0 Å². The highest BCUT2D eigenvalue weighted by molar-refractivity contribution is 5.69. The quantitative estimate of drug-likeness (QED) is 0.560. The van der Waals surface area contributed by atoms with Crippen molar-refractivity contribution in [1.29, 1.82) is 0 Å². The van der Waals surface area contributed by atoms with Crippen LogP contribution in [0.5, 0.6) is 0 Å². The van der Waals surface area contributed by atoms with Crippen LogP contribution in [0.15, 0.2) is 30.3 Å². The van der Waals surface area contributed by atoms with Crippen LogP contribution in [0.2, 0.25) is 0 Å². The van der Waals surface area contributed by atoms with Gasteiger partial charge in [0.05, 0.1) is 19.3 Å². The molecule has 4 aliphatic rings. The highest BCUT2D eigenvalue weighted by atomic mass is 16.5. The van der Waals surface area contributed by atoms with Crippen LogP contribution in [0.3, 0.4) is 0 Å². The maximum Gasteiger partial charge on any atom is 0.305 e. The lowest BCUT2D eigenvalue weighted by atomic mass is 9.41. The second kappa shape index (κ2) is 7.36. The first-order valence-electron chi connectivity index (χ1n) is 12.2. The molecule has 5 rings (SSSR count). The molecule has 0 radical (unpaired) electrons. The third kappa shape index (κ3) is 3.06. The highest BCUT2D eigenvalue weighted by Gasteiger charge is 2.65. The Labute approximate surface area is 181 Å². The van der Waals surface area contributed by atoms with E-state index in [4.69, 9.17) is 9.47 Å². The van der Waals surface area contributed by atoms with E-state index in [2.05, 4.69) is 51.1 Å². The minimum absolute atomic E-state index is 0.0169. The van der Waals surface area contributed by atoms with Crippen LogP contribution in [0, 0.1) is 34.0 Å². The summed E-state index contributed by atoms with van der Waals surface area (Å²) in [6.07, 6.45) is 9.48. The van der Waals surface area contributed by atoms with Crippen molar-refractivity contribution in [2.24, 2.45) is 34.0 Å². The number of ether oxygens (including phenoxy) is 2. The van der Waals surface area contributed by atoms with E-state index in [1.54, 1.807) is 0 Å². The number of hydrogen-bond donors (Lipinski definition) is 0. The maximum atomic E-state index is 12.0. The number of carbonyl (C=O) groups excluding carboxylic acids is 1. The average molecular weight is 411 g/mol. The summed E-state index contributed by atoms with van der Waals surface area (Å²) in [5.74, 6) is 1.98.